The van der Waals surface area contributed by atoms with Gasteiger partial charge in [-0.05, 0) is 26.0 Å². The fraction of sp³-hybridized carbons (Fsp3) is 0.320. The Labute approximate surface area is 196 Å². The third-order valence-electron chi connectivity index (χ3n) is 5.93. The van der Waals surface area contributed by atoms with E-state index in [-0.39, 0.29) is 17.9 Å². The van der Waals surface area contributed by atoms with Crippen molar-refractivity contribution in [2.75, 3.05) is 19.7 Å². The summed E-state index contributed by atoms with van der Waals surface area (Å²) in [5.74, 6) is -0.157. The van der Waals surface area contributed by atoms with Crippen molar-refractivity contribution in [1.29, 1.82) is 0 Å². The lowest BCUT2D eigenvalue weighted by Gasteiger charge is -2.33. The van der Waals surface area contributed by atoms with E-state index in [0.717, 1.165) is 26.7 Å². The zero-order chi connectivity index (χ0) is 23.1. The van der Waals surface area contributed by atoms with Gasteiger partial charge in [0, 0.05) is 53.9 Å². The number of ether oxygens (including phenoxy) is 1. The standard InChI is InChI=1S/C25H26N4O3S/c1-15(2)27-23(30)22-21(17-8-6-10-26-24(17)33-22)20-14-29(11-12-32-20)25(31)18-13-28(3)19-9-5-4-7-16(18)19/h4-10,13,15,20H,11-12,14H2,1-3H3,(H,27,30)/t20-/m1/s1. The van der Waals surface area contributed by atoms with Gasteiger partial charge in [-0.1, -0.05) is 24.3 Å². The SMILES string of the molecule is CC(C)NC(=O)c1sc2ncccc2c1[C@H]1CN(C(=O)c2cn(C)c3ccccc23)CCO1. The van der Waals surface area contributed by atoms with Gasteiger partial charge in [0.25, 0.3) is 11.8 Å². The number of rotatable bonds is 4. The van der Waals surface area contributed by atoms with Crippen LogP contribution in [0.1, 0.15) is 45.5 Å². The number of benzene rings is 1. The highest BCUT2D eigenvalue weighted by Gasteiger charge is 2.33. The van der Waals surface area contributed by atoms with Crippen LogP contribution >= 0.6 is 11.3 Å². The van der Waals surface area contributed by atoms with Crippen LogP contribution in [0.3, 0.4) is 0 Å². The quantitative estimate of drug-likeness (QED) is 0.495. The lowest BCUT2D eigenvalue weighted by Crippen LogP contribution is -2.42. The summed E-state index contributed by atoms with van der Waals surface area (Å²) in [6, 6.07) is 11.8. The van der Waals surface area contributed by atoms with Crippen molar-refractivity contribution in [3.05, 3.63) is 64.8 Å². The van der Waals surface area contributed by atoms with Crippen molar-refractivity contribution >= 4 is 44.3 Å². The second kappa shape index (κ2) is 8.61. The van der Waals surface area contributed by atoms with Crippen LogP contribution in [0.4, 0.5) is 0 Å². The van der Waals surface area contributed by atoms with E-state index in [2.05, 4.69) is 10.3 Å². The number of thiophene rings is 1. The summed E-state index contributed by atoms with van der Waals surface area (Å²) in [6.45, 7) is 5.16. The van der Waals surface area contributed by atoms with Gasteiger partial charge in [0.15, 0.2) is 0 Å². The Morgan fingerprint density at radius 3 is 2.79 bits per heavy atom. The highest BCUT2D eigenvalue weighted by atomic mass is 32.1. The predicted molar refractivity (Wildman–Crippen MR) is 130 cm³/mol. The minimum absolute atomic E-state index is 0.0141. The summed E-state index contributed by atoms with van der Waals surface area (Å²) in [5.41, 5.74) is 2.52. The fourth-order valence-corrected chi connectivity index (χ4v) is 5.56. The molecule has 1 atom stereocenters. The number of nitrogens with zero attached hydrogens (tertiary/aromatic N) is 3. The highest BCUT2D eigenvalue weighted by Crippen LogP contribution is 2.37. The lowest BCUT2D eigenvalue weighted by atomic mass is 10.0. The van der Waals surface area contributed by atoms with E-state index in [0.29, 0.717) is 30.1 Å². The Kier molecular flexibility index (Phi) is 5.64. The van der Waals surface area contributed by atoms with E-state index in [9.17, 15) is 9.59 Å². The van der Waals surface area contributed by atoms with E-state index in [1.54, 1.807) is 6.20 Å². The van der Waals surface area contributed by atoms with Crippen LogP contribution in [0.15, 0.2) is 48.8 Å². The van der Waals surface area contributed by atoms with Gasteiger partial charge >= 0.3 is 0 Å². The Morgan fingerprint density at radius 1 is 1.18 bits per heavy atom. The molecule has 0 saturated carbocycles. The topological polar surface area (TPSA) is 76.5 Å². The number of aryl methyl sites for hydroxylation is 1. The molecule has 1 aliphatic heterocycles. The monoisotopic (exact) mass is 462 g/mol. The number of pyridine rings is 1. The molecular formula is C25H26N4O3S. The average molecular weight is 463 g/mol. The fourth-order valence-electron chi connectivity index (χ4n) is 4.46. The maximum atomic E-state index is 13.5. The molecule has 1 saturated heterocycles. The zero-order valence-corrected chi connectivity index (χ0v) is 19.7. The molecule has 3 aromatic heterocycles. The van der Waals surface area contributed by atoms with Gasteiger partial charge in [0.05, 0.1) is 18.7 Å². The van der Waals surface area contributed by atoms with Crippen molar-refractivity contribution in [1.82, 2.24) is 19.8 Å². The lowest BCUT2D eigenvalue weighted by molar-refractivity contribution is -0.0222. The summed E-state index contributed by atoms with van der Waals surface area (Å²) < 4.78 is 8.11. The molecule has 2 amide bonds. The van der Waals surface area contributed by atoms with E-state index in [1.807, 2.05) is 73.0 Å². The third kappa shape index (κ3) is 3.89. The first-order valence-corrected chi connectivity index (χ1v) is 11.9. The van der Waals surface area contributed by atoms with Crippen molar-refractivity contribution < 1.29 is 14.3 Å². The molecule has 1 N–H and O–H groups in total. The summed E-state index contributed by atoms with van der Waals surface area (Å²) in [4.78, 5) is 34.2. The number of fused-ring (bicyclic) bond motifs is 2. The average Bonchev–Trinajstić information content (AvgIpc) is 3.37. The van der Waals surface area contributed by atoms with Crippen LogP contribution < -0.4 is 5.32 Å². The van der Waals surface area contributed by atoms with Crippen LogP contribution in [0.5, 0.6) is 0 Å². The molecule has 0 aliphatic carbocycles. The number of carbonyl (C=O) groups excluding carboxylic acids is 2. The van der Waals surface area contributed by atoms with Crippen molar-refractivity contribution in [2.24, 2.45) is 7.05 Å². The molecule has 5 rings (SSSR count). The number of hydrogen-bond acceptors (Lipinski definition) is 5. The summed E-state index contributed by atoms with van der Waals surface area (Å²) >= 11 is 1.37. The molecule has 1 fully saturated rings. The molecule has 170 valence electrons. The molecule has 0 radical (unpaired) electrons. The molecule has 8 heteroatoms. The van der Waals surface area contributed by atoms with Crippen LogP contribution in [0.2, 0.25) is 0 Å². The summed E-state index contributed by atoms with van der Waals surface area (Å²) in [5, 5.41) is 4.83. The van der Waals surface area contributed by atoms with Gasteiger partial charge in [-0.2, -0.15) is 0 Å². The maximum Gasteiger partial charge on any atom is 0.262 e. The zero-order valence-electron chi connectivity index (χ0n) is 18.9. The Bertz CT molecular complexity index is 1360. The largest absolute Gasteiger partial charge is 0.370 e. The van der Waals surface area contributed by atoms with Crippen molar-refractivity contribution in [3.63, 3.8) is 0 Å². The van der Waals surface area contributed by atoms with Crippen LogP contribution in [-0.2, 0) is 11.8 Å². The van der Waals surface area contributed by atoms with E-state index in [1.165, 1.54) is 11.3 Å². The second-order valence-corrected chi connectivity index (χ2v) is 9.61. The highest BCUT2D eigenvalue weighted by molar-refractivity contribution is 7.20. The molecular weight excluding hydrogens is 436 g/mol. The second-order valence-electron chi connectivity index (χ2n) is 8.61. The van der Waals surface area contributed by atoms with Gasteiger partial charge in [-0.3, -0.25) is 9.59 Å². The smallest absolute Gasteiger partial charge is 0.262 e. The molecule has 0 bridgehead atoms. The summed E-state index contributed by atoms with van der Waals surface area (Å²) in [7, 11) is 1.95. The number of aromatic nitrogens is 2. The van der Waals surface area contributed by atoms with Crippen LogP contribution in [0, 0.1) is 0 Å². The first kappa shape index (κ1) is 21.6. The molecule has 0 spiro atoms. The molecule has 33 heavy (non-hydrogen) atoms. The molecule has 7 nitrogen and oxygen atoms in total. The van der Waals surface area contributed by atoms with Gasteiger partial charge in [-0.15, -0.1) is 11.3 Å². The first-order chi connectivity index (χ1) is 15.9. The van der Waals surface area contributed by atoms with Crippen LogP contribution in [-0.4, -0.2) is 52.0 Å². The molecule has 4 heterocycles. The van der Waals surface area contributed by atoms with Gasteiger partial charge < -0.3 is 19.5 Å². The predicted octanol–water partition coefficient (Wildman–Crippen LogP) is 4.14. The van der Waals surface area contributed by atoms with E-state index >= 15 is 0 Å². The number of carbonyl (C=O) groups is 2. The van der Waals surface area contributed by atoms with Gasteiger partial charge in [0.2, 0.25) is 0 Å². The minimum atomic E-state index is -0.400. The van der Waals surface area contributed by atoms with Crippen LogP contribution in [0.25, 0.3) is 21.1 Å². The Hall–Kier alpha value is -3.23. The summed E-state index contributed by atoms with van der Waals surface area (Å²) in [6.07, 6.45) is 3.22. The minimum Gasteiger partial charge on any atom is -0.370 e. The van der Waals surface area contributed by atoms with Crippen molar-refractivity contribution in [3.8, 4) is 0 Å². The molecule has 0 unspecified atom stereocenters. The molecule has 4 aromatic rings. The number of amides is 2. The number of morpholine rings is 1. The van der Waals surface area contributed by atoms with E-state index in [4.69, 9.17) is 4.74 Å². The maximum absolute atomic E-state index is 13.5. The first-order valence-electron chi connectivity index (χ1n) is 11.1. The number of para-hydroxylation sites is 1. The number of hydrogen-bond donors (Lipinski definition) is 1. The van der Waals surface area contributed by atoms with Gasteiger partial charge in [-0.25, -0.2) is 4.98 Å². The molecule has 1 aromatic carbocycles. The van der Waals surface area contributed by atoms with E-state index < -0.39 is 6.10 Å². The normalized spacial score (nSPS) is 16.6. The Balaban J connectivity index is 1.50. The third-order valence-corrected chi connectivity index (χ3v) is 7.06. The molecule has 1 aliphatic rings. The van der Waals surface area contributed by atoms with Crippen molar-refractivity contribution in [2.45, 2.75) is 26.0 Å². The Morgan fingerprint density at radius 2 is 1.97 bits per heavy atom. The van der Waals surface area contributed by atoms with Gasteiger partial charge in [0.1, 0.15) is 15.8 Å². The number of nitrogens with one attached hydrogen (secondary N) is 1.